The van der Waals surface area contributed by atoms with Crippen LogP contribution >= 0.6 is 0 Å². The van der Waals surface area contributed by atoms with Crippen molar-refractivity contribution in [2.24, 2.45) is 0 Å². The average Bonchev–Trinajstić information content (AvgIpc) is 4.02. The normalized spacial score (nSPS) is 17.4. The number of hydrogen-bond acceptors (Lipinski definition) is 3. The summed E-state index contributed by atoms with van der Waals surface area (Å²) in [4.78, 5) is 20.9. The molecular formula is C57H38B2N2O3. The molecule has 5 nitrogen and oxygen atoms in total. The second kappa shape index (κ2) is 11.5. The van der Waals surface area contributed by atoms with E-state index in [-0.39, 0.29) is 19.5 Å². The molecule has 7 heteroatoms. The number of carbonyl (C=O) groups is 1. The number of benzene rings is 8. The van der Waals surface area contributed by atoms with Gasteiger partial charge < -0.3 is 8.83 Å². The van der Waals surface area contributed by atoms with E-state index in [2.05, 4.69) is 183 Å². The number of nitrogens with zero attached hydrogens (tertiary/aromatic N) is 2. The van der Waals surface area contributed by atoms with Gasteiger partial charge in [0.15, 0.2) is 0 Å². The van der Waals surface area contributed by atoms with Crippen molar-refractivity contribution in [1.82, 2.24) is 0 Å². The minimum absolute atomic E-state index is 0.0375. The number of fused-ring (bicyclic) bond motifs is 12. The molecule has 8 aromatic carbocycles. The number of urea groups is 1. The van der Waals surface area contributed by atoms with Gasteiger partial charge in [0.25, 0.3) is 0 Å². The third-order valence-corrected chi connectivity index (χ3v) is 15.7. The Labute approximate surface area is 370 Å². The molecule has 2 aliphatic carbocycles. The molecule has 3 aliphatic heterocycles. The first-order valence-corrected chi connectivity index (χ1v) is 22.5. The van der Waals surface area contributed by atoms with Crippen molar-refractivity contribution in [2.45, 2.75) is 38.5 Å². The standard InChI is InChI=1S/C57H38B2N2O3/c1-56(2)36-19-9-5-15-32(36)49-53(56)58(38-21-13-25-44-47(38)34-17-7-11-23-42(34)63-44)40-29-27-31-28-30-41-52-46(31)51(40)60(49)55(62)61(52)50-33-16-6-10-20-37(33)57(3,4)54(50)59(41)39-22-14-26-45-48(39)35-18-8-12-24-43(35)64-45/h5-30H,1-4H3. The van der Waals surface area contributed by atoms with Crippen LogP contribution in [0.3, 0.4) is 0 Å². The number of carbonyl (C=O) groups excluding carboxylic acids is 1. The summed E-state index contributed by atoms with van der Waals surface area (Å²) >= 11 is 0. The van der Waals surface area contributed by atoms with Crippen LogP contribution in [-0.2, 0) is 10.8 Å². The van der Waals surface area contributed by atoms with Crippen LogP contribution in [0.4, 0.5) is 16.2 Å². The molecule has 0 radical (unpaired) electrons. The van der Waals surface area contributed by atoms with E-state index in [9.17, 15) is 0 Å². The minimum Gasteiger partial charge on any atom is -0.456 e. The van der Waals surface area contributed by atoms with Gasteiger partial charge >= 0.3 is 6.03 Å². The van der Waals surface area contributed by atoms with Crippen molar-refractivity contribution >= 4 is 119 Å². The van der Waals surface area contributed by atoms with Gasteiger partial charge in [-0.3, -0.25) is 9.80 Å². The molecule has 0 spiro atoms. The van der Waals surface area contributed by atoms with Crippen LogP contribution in [0.15, 0.2) is 178 Å². The SMILES string of the molecule is CC1(C)C2=C(c3ccccc31)N1C(=O)N3C4=C(B(c5cccc6oc7ccccc7c56)c5ccc6ccc(c1c6c53)B2c1cccc2oc3ccccc3c12)C(C)(C)c1ccccc14. The van der Waals surface area contributed by atoms with E-state index in [1.807, 2.05) is 12.1 Å². The number of rotatable bonds is 2. The summed E-state index contributed by atoms with van der Waals surface area (Å²) in [6.07, 6.45) is 0. The monoisotopic (exact) mass is 820 g/mol. The van der Waals surface area contributed by atoms with Crippen LogP contribution < -0.4 is 31.7 Å². The summed E-state index contributed by atoms with van der Waals surface area (Å²) in [7, 11) is 0. The highest BCUT2D eigenvalue weighted by atomic mass is 16.3. The number of furan rings is 2. The van der Waals surface area contributed by atoms with Crippen molar-refractivity contribution in [1.29, 1.82) is 0 Å². The molecule has 15 rings (SSSR count). The molecule has 5 heterocycles. The highest BCUT2D eigenvalue weighted by Crippen LogP contribution is 2.59. The maximum Gasteiger partial charge on any atom is 0.338 e. The lowest BCUT2D eigenvalue weighted by Gasteiger charge is -2.48. The van der Waals surface area contributed by atoms with Gasteiger partial charge in [-0.05, 0) is 51.7 Å². The third-order valence-electron chi connectivity index (χ3n) is 15.7. The van der Waals surface area contributed by atoms with E-state index >= 15 is 4.79 Å². The Balaban J connectivity index is 1.11. The predicted octanol–water partition coefficient (Wildman–Crippen LogP) is 11.1. The average molecular weight is 821 g/mol. The van der Waals surface area contributed by atoms with Crippen molar-refractivity contribution in [2.75, 3.05) is 9.80 Å². The molecule has 2 amide bonds. The van der Waals surface area contributed by atoms with E-state index in [0.29, 0.717) is 0 Å². The predicted molar refractivity (Wildman–Crippen MR) is 265 cm³/mol. The molecule has 5 aliphatic rings. The molecule has 0 saturated heterocycles. The number of para-hydroxylation sites is 2. The molecule has 300 valence electrons. The van der Waals surface area contributed by atoms with Crippen LogP contribution in [0.25, 0.3) is 66.0 Å². The van der Waals surface area contributed by atoms with Crippen molar-refractivity contribution in [3.8, 4) is 0 Å². The largest absolute Gasteiger partial charge is 0.456 e. The highest BCUT2D eigenvalue weighted by molar-refractivity contribution is 6.97. The summed E-state index contributed by atoms with van der Waals surface area (Å²) in [6, 6.07) is 56.6. The molecule has 0 N–H and O–H groups in total. The Hall–Kier alpha value is -7.50. The zero-order valence-electron chi connectivity index (χ0n) is 35.8. The molecule has 0 atom stereocenters. The summed E-state index contributed by atoms with van der Waals surface area (Å²) in [5, 5.41) is 6.68. The highest BCUT2D eigenvalue weighted by Gasteiger charge is 2.57. The van der Waals surface area contributed by atoms with E-state index in [1.54, 1.807) is 0 Å². The molecule has 0 saturated carbocycles. The number of hydrogen-bond donors (Lipinski definition) is 0. The molecule has 2 aromatic heterocycles. The minimum atomic E-state index is -0.404. The molecule has 64 heavy (non-hydrogen) atoms. The van der Waals surface area contributed by atoms with Crippen molar-refractivity contribution in [3.05, 3.63) is 191 Å². The smallest absolute Gasteiger partial charge is 0.338 e. The van der Waals surface area contributed by atoms with Gasteiger partial charge in [0.2, 0.25) is 13.4 Å². The fourth-order valence-electron chi connectivity index (χ4n) is 13.2. The first-order chi connectivity index (χ1) is 31.2. The Morgan fingerprint density at radius 1 is 0.422 bits per heavy atom. The van der Waals surface area contributed by atoms with E-state index in [4.69, 9.17) is 8.83 Å². The van der Waals surface area contributed by atoms with Gasteiger partial charge in [0.1, 0.15) is 22.3 Å². The number of amides is 2. The first kappa shape index (κ1) is 35.0. The summed E-state index contributed by atoms with van der Waals surface area (Å²) in [6.45, 7) is 9.06. The van der Waals surface area contributed by atoms with Crippen LogP contribution in [0.1, 0.15) is 49.9 Å². The fraction of sp³-hybridized carbons (Fsp3) is 0.105. The molecule has 0 bridgehead atoms. The Morgan fingerprint density at radius 2 is 0.844 bits per heavy atom. The lowest BCUT2D eigenvalue weighted by molar-refractivity contribution is 0.255. The van der Waals surface area contributed by atoms with Crippen LogP contribution in [-0.4, -0.2) is 19.5 Å². The Bertz CT molecular complexity index is 3670. The Morgan fingerprint density at radius 3 is 1.33 bits per heavy atom. The first-order valence-electron chi connectivity index (χ1n) is 22.5. The maximum absolute atomic E-state index is 16.6. The molecule has 10 aromatic rings. The Kier molecular flexibility index (Phi) is 6.32. The third kappa shape index (κ3) is 3.96. The lowest BCUT2D eigenvalue weighted by atomic mass is 9.30. The summed E-state index contributed by atoms with van der Waals surface area (Å²) in [5.41, 5.74) is 18.5. The van der Waals surface area contributed by atoms with Gasteiger partial charge in [0.05, 0.1) is 22.8 Å². The van der Waals surface area contributed by atoms with Gasteiger partial charge in [0, 0.05) is 48.9 Å². The van der Waals surface area contributed by atoms with Crippen LogP contribution in [0.2, 0.25) is 0 Å². The van der Waals surface area contributed by atoms with E-state index in [1.165, 1.54) is 33.0 Å². The molecule has 0 unspecified atom stereocenters. The van der Waals surface area contributed by atoms with Gasteiger partial charge in [-0.1, -0.05) is 183 Å². The zero-order chi connectivity index (χ0) is 42.5. The topological polar surface area (TPSA) is 49.8 Å². The molecular weight excluding hydrogens is 782 g/mol. The van der Waals surface area contributed by atoms with Gasteiger partial charge in [-0.2, -0.15) is 0 Å². The van der Waals surface area contributed by atoms with Gasteiger partial charge in [-0.15, -0.1) is 0 Å². The van der Waals surface area contributed by atoms with Crippen molar-refractivity contribution < 1.29 is 13.6 Å². The molecule has 0 fully saturated rings. The lowest BCUT2D eigenvalue weighted by Crippen LogP contribution is -2.60. The van der Waals surface area contributed by atoms with Crippen molar-refractivity contribution in [3.63, 3.8) is 0 Å². The van der Waals surface area contributed by atoms with Crippen LogP contribution in [0.5, 0.6) is 0 Å². The number of anilines is 2. The zero-order valence-corrected chi connectivity index (χ0v) is 35.8. The van der Waals surface area contributed by atoms with Gasteiger partial charge in [-0.25, -0.2) is 4.79 Å². The second-order valence-corrected chi connectivity index (χ2v) is 19.4. The quantitative estimate of drug-likeness (QED) is 0.163. The summed E-state index contributed by atoms with van der Waals surface area (Å²) in [5.74, 6) is 0. The fourth-order valence-corrected chi connectivity index (χ4v) is 13.2. The van der Waals surface area contributed by atoms with E-state index < -0.39 is 10.8 Å². The maximum atomic E-state index is 16.6. The van der Waals surface area contributed by atoms with E-state index in [0.717, 1.165) is 99.5 Å². The second-order valence-electron chi connectivity index (χ2n) is 19.4. The van der Waals surface area contributed by atoms with Crippen LogP contribution in [0, 0.1) is 0 Å². The summed E-state index contributed by atoms with van der Waals surface area (Å²) < 4.78 is 13.2. The number of allylic oxidation sites excluding steroid dienone is 2.